The topological polar surface area (TPSA) is 58.6 Å². The molecule has 2 bridgehead atoms. The molecule has 4 heterocycles. The van der Waals surface area contributed by atoms with Crippen LogP contribution in [-0.2, 0) is 19.7 Å². The Morgan fingerprint density at radius 1 is 0.964 bits per heavy atom. The van der Waals surface area contributed by atoms with Crippen LogP contribution < -0.4 is 5.56 Å². The Balaban J connectivity index is 1.43. The molecule has 0 aromatic carbocycles. The molecule has 2 aromatic rings. The Labute approximate surface area is 166 Å². The number of likely N-dealkylation sites (tertiary alicyclic amines) is 1. The number of aliphatic hydroxyl groups is 1. The first-order valence-corrected chi connectivity index (χ1v) is 10.9. The first-order chi connectivity index (χ1) is 13.7. The van der Waals surface area contributed by atoms with Crippen LogP contribution in [0.4, 0.5) is 0 Å². The smallest absolute Gasteiger partial charge is 0.250 e. The molecule has 28 heavy (non-hydrogen) atoms. The third-order valence-electron chi connectivity index (χ3n) is 7.00. The van der Waals surface area contributed by atoms with Gasteiger partial charge >= 0.3 is 0 Å². The molecule has 0 unspecified atom stereocenters. The Hall–Kier alpha value is -1.85. The lowest BCUT2D eigenvalue weighted by Crippen LogP contribution is -2.47. The lowest BCUT2D eigenvalue weighted by molar-refractivity contribution is 0.105. The molecule has 2 aliphatic heterocycles. The number of nitrogens with zero attached hydrogens (tertiary/aromatic N) is 2. The highest BCUT2D eigenvalue weighted by Crippen LogP contribution is 2.42. The Kier molecular flexibility index (Phi) is 4.89. The van der Waals surface area contributed by atoms with E-state index in [4.69, 9.17) is 4.42 Å². The molecule has 1 aliphatic carbocycles. The van der Waals surface area contributed by atoms with Gasteiger partial charge in [-0.3, -0.25) is 9.69 Å². The summed E-state index contributed by atoms with van der Waals surface area (Å²) in [5.41, 5.74) is 2.96. The molecule has 5 heteroatoms. The van der Waals surface area contributed by atoms with Gasteiger partial charge in [0.2, 0.25) is 0 Å². The zero-order valence-electron chi connectivity index (χ0n) is 16.5. The average molecular weight is 383 g/mol. The van der Waals surface area contributed by atoms with E-state index in [1.54, 1.807) is 0 Å². The zero-order chi connectivity index (χ0) is 19.1. The van der Waals surface area contributed by atoms with Crippen molar-refractivity contribution >= 4 is 0 Å². The highest BCUT2D eigenvalue weighted by Gasteiger charge is 2.37. The number of rotatable bonds is 4. The van der Waals surface area contributed by atoms with E-state index in [-0.39, 0.29) is 12.2 Å². The number of piperidine rings is 1. The van der Waals surface area contributed by atoms with E-state index in [2.05, 4.69) is 15.5 Å². The van der Waals surface area contributed by atoms with Crippen LogP contribution >= 0.6 is 0 Å². The summed E-state index contributed by atoms with van der Waals surface area (Å²) in [7, 11) is 0. The molecule has 1 saturated carbocycles. The maximum absolute atomic E-state index is 12.6. The normalized spacial score (nSPS) is 25.6. The van der Waals surface area contributed by atoms with Crippen molar-refractivity contribution in [3.63, 3.8) is 0 Å². The van der Waals surface area contributed by atoms with Crippen LogP contribution in [0, 0.1) is 5.92 Å². The van der Waals surface area contributed by atoms with E-state index in [1.807, 2.05) is 18.2 Å². The Bertz CT molecular complexity index is 893. The van der Waals surface area contributed by atoms with Crippen molar-refractivity contribution in [1.82, 2.24) is 9.47 Å². The molecule has 1 saturated heterocycles. The van der Waals surface area contributed by atoms with Gasteiger partial charge in [-0.1, -0.05) is 25.3 Å². The first-order valence-electron chi connectivity index (χ1n) is 10.9. The van der Waals surface area contributed by atoms with Crippen LogP contribution in [0.3, 0.4) is 0 Å². The third-order valence-corrected chi connectivity index (χ3v) is 7.00. The quantitative estimate of drug-likeness (QED) is 0.878. The second-order valence-corrected chi connectivity index (χ2v) is 8.98. The average Bonchev–Trinajstić information content (AvgIpc) is 3.17. The second-order valence-electron chi connectivity index (χ2n) is 8.98. The van der Waals surface area contributed by atoms with Gasteiger partial charge in [-0.15, -0.1) is 0 Å². The number of pyridine rings is 1. The number of aliphatic hydroxyl groups excluding tert-OH is 1. The van der Waals surface area contributed by atoms with Gasteiger partial charge in [0.1, 0.15) is 18.1 Å². The molecular formula is C23H30N2O3. The van der Waals surface area contributed by atoms with E-state index in [9.17, 15) is 9.90 Å². The highest BCUT2D eigenvalue weighted by molar-refractivity contribution is 5.31. The van der Waals surface area contributed by atoms with Crippen LogP contribution in [-0.4, -0.2) is 27.7 Å². The van der Waals surface area contributed by atoms with Crippen molar-refractivity contribution in [2.24, 2.45) is 5.92 Å². The van der Waals surface area contributed by atoms with Gasteiger partial charge in [0.15, 0.2) is 0 Å². The maximum atomic E-state index is 12.6. The molecular weight excluding hydrogens is 352 g/mol. The van der Waals surface area contributed by atoms with Gasteiger partial charge in [-0.25, -0.2) is 0 Å². The minimum Gasteiger partial charge on any atom is -0.462 e. The second kappa shape index (κ2) is 7.53. The minimum absolute atomic E-state index is 0.0493. The van der Waals surface area contributed by atoms with E-state index in [0.29, 0.717) is 23.5 Å². The van der Waals surface area contributed by atoms with Crippen molar-refractivity contribution in [3.8, 4) is 0 Å². The summed E-state index contributed by atoms with van der Waals surface area (Å²) in [5.74, 6) is 3.13. The highest BCUT2D eigenvalue weighted by atomic mass is 16.4. The summed E-state index contributed by atoms with van der Waals surface area (Å²) in [4.78, 5) is 15.1. The first kappa shape index (κ1) is 18.2. The van der Waals surface area contributed by atoms with Crippen molar-refractivity contribution in [2.75, 3.05) is 13.1 Å². The lowest BCUT2D eigenvalue weighted by atomic mass is 9.76. The van der Waals surface area contributed by atoms with Gasteiger partial charge in [0.25, 0.3) is 5.56 Å². The van der Waals surface area contributed by atoms with E-state index in [1.165, 1.54) is 49.8 Å². The van der Waals surface area contributed by atoms with Crippen molar-refractivity contribution < 1.29 is 9.52 Å². The third kappa shape index (κ3) is 3.35. The molecule has 0 spiro atoms. The molecule has 0 amide bonds. The molecule has 5 nitrogen and oxygen atoms in total. The maximum Gasteiger partial charge on any atom is 0.250 e. The number of fused-ring (bicyclic) bond motifs is 4. The summed E-state index contributed by atoms with van der Waals surface area (Å²) in [6, 6.07) is 7.78. The molecule has 3 aliphatic rings. The fraction of sp³-hybridized carbons (Fsp3) is 0.609. The molecule has 5 rings (SSSR count). The summed E-state index contributed by atoms with van der Waals surface area (Å²) in [5, 5.41) is 9.24. The molecule has 2 fully saturated rings. The van der Waals surface area contributed by atoms with Gasteiger partial charge < -0.3 is 14.1 Å². The van der Waals surface area contributed by atoms with Crippen LogP contribution in [0.15, 0.2) is 33.5 Å². The number of furan rings is 1. The van der Waals surface area contributed by atoms with E-state index >= 15 is 0 Å². The predicted molar refractivity (Wildman–Crippen MR) is 107 cm³/mol. The van der Waals surface area contributed by atoms with Gasteiger partial charge in [0, 0.05) is 37.3 Å². The van der Waals surface area contributed by atoms with Crippen molar-refractivity contribution in [1.29, 1.82) is 0 Å². The minimum atomic E-state index is -0.0493. The molecule has 1 N–H and O–H groups in total. The largest absolute Gasteiger partial charge is 0.462 e. The summed E-state index contributed by atoms with van der Waals surface area (Å²) in [6.07, 6.45) is 7.70. The van der Waals surface area contributed by atoms with Crippen LogP contribution in [0.2, 0.25) is 0 Å². The SMILES string of the molecule is O=c1ccc(C2CCCCC2)c2n1C[C@H]1C[C@@H]2CN(Cc2ccc(CO)o2)C1. The van der Waals surface area contributed by atoms with E-state index < -0.39 is 0 Å². The summed E-state index contributed by atoms with van der Waals surface area (Å²) >= 11 is 0. The standard InChI is InChI=1S/C23H30N2O3/c26-15-20-7-6-19(28-20)14-24-11-16-10-18(13-24)23-21(17-4-2-1-3-5-17)8-9-22(27)25(23)12-16/h6-9,16-18,26H,1-5,10-15H2/t16-,18+/m0/s1. The Morgan fingerprint density at radius 3 is 2.57 bits per heavy atom. The predicted octanol–water partition coefficient (Wildman–Crippen LogP) is 3.60. The van der Waals surface area contributed by atoms with Gasteiger partial charge in [-0.05, 0) is 48.8 Å². The van der Waals surface area contributed by atoms with Crippen LogP contribution in [0.5, 0.6) is 0 Å². The van der Waals surface area contributed by atoms with Crippen molar-refractivity contribution in [2.45, 2.75) is 70.1 Å². The zero-order valence-corrected chi connectivity index (χ0v) is 16.5. The molecule has 150 valence electrons. The number of hydrogen-bond donors (Lipinski definition) is 1. The van der Waals surface area contributed by atoms with Gasteiger partial charge in [0.05, 0.1) is 6.54 Å². The summed E-state index contributed by atoms with van der Waals surface area (Å²) < 4.78 is 7.83. The Morgan fingerprint density at radius 2 is 1.79 bits per heavy atom. The summed E-state index contributed by atoms with van der Waals surface area (Å²) in [6.45, 7) is 3.57. The van der Waals surface area contributed by atoms with Gasteiger partial charge in [-0.2, -0.15) is 0 Å². The lowest BCUT2D eigenvalue weighted by Gasteiger charge is -2.44. The van der Waals surface area contributed by atoms with E-state index in [0.717, 1.165) is 31.9 Å². The number of aromatic nitrogens is 1. The van der Waals surface area contributed by atoms with Crippen molar-refractivity contribution in [3.05, 3.63) is 57.4 Å². The molecule has 0 radical (unpaired) electrons. The molecule has 2 atom stereocenters. The fourth-order valence-electron chi connectivity index (χ4n) is 5.85. The monoisotopic (exact) mass is 382 g/mol. The molecule has 2 aromatic heterocycles. The van der Waals surface area contributed by atoms with Crippen LogP contribution in [0.1, 0.15) is 73.1 Å². The number of hydrogen-bond acceptors (Lipinski definition) is 4. The fourth-order valence-corrected chi connectivity index (χ4v) is 5.85. The van der Waals surface area contributed by atoms with Crippen LogP contribution in [0.25, 0.3) is 0 Å².